The molecule has 0 aliphatic rings. The van der Waals surface area contributed by atoms with Crippen LogP contribution in [0.2, 0.25) is 0 Å². The molecule has 0 aliphatic carbocycles. The molecule has 12 rings (SSSR count). The van der Waals surface area contributed by atoms with Gasteiger partial charge >= 0.3 is 0 Å². The minimum atomic E-state index is 0.874. The van der Waals surface area contributed by atoms with E-state index < -0.39 is 0 Å². The van der Waals surface area contributed by atoms with Gasteiger partial charge in [-0.05, 0) is 102 Å². The molecule has 0 spiro atoms. The Kier molecular flexibility index (Phi) is 6.09. The zero-order valence-corrected chi connectivity index (χ0v) is 29.1. The molecule has 10 aromatic carbocycles. The Balaban J connectivity index is 1.18. The molecule has 0 saturated heterocycles. The van der Waals surface area contributed by atoms with Gasteiger partial charge in [-0.15, -0.1) is 0 Å². The molecule has 0 N–H and O–H groups in total. The van der Waals surface area contributed by atoms with Gasteiger partial charge in [-0.1, -0.05) is 146 Å². The number of rotatable bonds is 3. The zero-order valence-electron chi connectivity index (χ0n) is 29.1. The SMILES string of the molecule is c1ccc2c(c1)cc(-c1c3ccccc3c(-c3ccc(-c4ccc5c(c4)oc4ccccc45)c4c3oc3ccccc34)c3ccccc13)c1ccccc12. The maximum atomic E-state index is 6.93. The van der Waals surface area contributed by atoms with Crippen molar-refractivity contribution in [1.82, 2.24) is 0 Å². The molecule has 2 aromatic heterocycles. The van der Waals surface area contributed by atoms with E-state index in [2.05, 4.69) is 170 Å². The molecule has 0 bridgehead atoms. The van der Waals surface area contributed by atoms with Crippen LogP contribution in [0.5, 0.6) is 0 Å². The molecule has 0 unspecified atom stereocenters. The highest BCUT2D eigenvalue weighted by Crippen LogP contribution is 2.50. The lowest BCUT2D eigenvalue weighted by Crippen LogP contribution is -1.93. The van der Waals surface area contributed by atoms with E-state index in [0.29, 0.717) is 0 Å². The fourth-order valence-corrected chi connectivity index (χ4v) is 9.13. The number of benzene rings is 10. The second-order valence-electron chi connectivity index (χ2n) is 14.3. The van der Waals surface area contributed by atoms with Gasteiger partial charge in [-0.25, -0.2) is 0 Å². The van der Waals surface area contributed by atoms with Crippen LogP contribution in [0, 0.1) is 0 Å². The Bertz CT molecular complexity index is 3450. The van der Waals surface area contributed by atoms with Crippen LogP contribution in [-0.4, -0.2) is 0 Å². The number of para-hydroxylation sites is 2. The van der Waals surface area contributed by atoms with Crippen LogP contribution in [0.15, 0.2) is 191 Å². The van der Waals surface area contributed by atoms with Gasteiger partial charge in [0.15, 0.2) is 0 Å². The van der Waals surface area contributed by atoms with E-state index in [0.717, 1.165) is 60.6 Å². The summed E-state index contributed by atoms with van der Waals surface area (Å²) in [7, 11) is 0. The molecule has 0 radical (unpaired) electrons. The Morgan fingerprint density at radius 2 is 0.778 bits per heavy atom. The molecule has 2 heteroatoms. The van der Waals surface area contributed by atoms with Crippen LogP contribution in [0.25, 0.3) is 120 Å². The van der Waals surface area contributed by atoms with Gasteiger partial charge in [0.25, 0.3) is 0 Å². The predicted octanol–water partition coefficient (Wildman–Crippen LogP) is 15.1. The molecule has 0 fully saturated rings. The molecular weight excluding hydrogens is 657 g/mol. The fraction of sp³-hybridized carbons (Fsp3) is 0. The Hall–Kier alpha value is -7.16. The van der Waals surface area contributed by atoms with Crippen LogP contribution < -0.4 is 0 Å². The molecule has 250 valence electrons. The highest BCUT2D eigenvalue weighted by atomic mass is 16.3. The number of furan rings is 2. The summed E-state index contributed by atoms with van der Waals surface area (Å²) in [4.78, 5) is 0. The molecule has 12 aromatic rings. The van der Waals surface area contributed by atoms with Crippen molar-refractivity contribution in [2.45, 2.75) is 0 Å². The van der Waals surface area contributed by atoms with Crippen molar-refractivity contribution in [3.63, 3.8) is 0 Å². The number of hydrogen-bond donors (Lipinski definition) is 0. The van der Waals surface area contributed by atoms with Crippen LogP contribution in [0.3, 0.4) is 0 Å². The van der Waals surface area contributed by atoms with Gasteiger partial charge in [0, 0.05) is 32.7 Å². The molecule has 0 aliphatic heterocycles. The van der Waals surface area contributed by atoms with Crippen molar-refractivity contribution >= 4 is 87.0 Å². The quantitative estimate of drug-likeness (QED) is 0.137. The van der Waals surface area contributed by atoms with Crippen molar-refractivity contribution < 1.29 is 8.83 Å². The molecule has 54 heavy (non-hydrogen) atoms. The average molecular weight is 687 g/mol. The predicted molar refractivity (Wildman–Crippen MR) is 227 cm³/mol. The summed E-state index contributed by atoms with van der Waals surface area (Å²) < 4.78 is 13.3. The van der Waals surface area contributed by atoms with Crippen molar-refractivity contribution in [2.75, 3.05) is 0 Å². The molecule has 2 heterocycles. The van der Waals surface area contributed by atoms with E-state index in [4.69, 9.17) is 8.83 Å². The lowest BCUT2D eigenvalue weighted by molar-refractivity contribution is 0.668. The largest absolute Gasteiger partial charge is 0.456 e. The summed E-state index contributed by atoms with van der Waals surface area (Å²) in [5.41, 5.74) is 10.5. The average Bonchev–Trinajstić information content (AvgIpc) is 3.81. The first-order valence-electron chi connectivity index (χ1n) is 18.5. The molecule has 0 saturated carbocycles. The second-order valence-corrected chi connectivity index (χ2v) is 14.3. The summed E-state index contributed by atoms with van der Waals surface area (Å²) in [6.07, 6.45) is 0. The first-order valence-corrected chi connectivity index (χ1v) is 18.5. The topological polar surface area (TPSA) is 26.3 Å². The van der Waals surface area contributed by atoms with Crippen LogP contribution in [-0.2, 0) is 0 Å². The lowest BCUT2D eigenvalue weighted by Gasteiger charge is -2.20. The summed E-state index contributed by atoms with van der Waals surface area (Å²) in [5.74, 6) is 0. The maximum Gasteiger partial charge on any atom is 0.143 e. The van der Waals surface area contributed by atoms with Crippen LogP contribution in [0.1, 0.15) is 0 Å². The smallest absolute Gasteiger partial charge is 0.143 e. The van der Waals surface area contributed by atoms with E-state index in [-0.39, 0.29) is 0 Å². The third-order valence-corrected chi connectivity index (χ3v) is 11.5. The van der Waals surface area contributed by atoms with Gasteiger partial charge < -0.3 is 8.83 Å². The first-order chi connectivity index (χ1) is 26.8. The third kappa shape index (κ3) is 4.11. The normalized spacial score (nSPS) is 12.1. The summed E-state index contributed by atoms with van der Waals surface area (Å²) >= 11 is 0. The monoisotopic (exact) mass is 686 g/mol. The van der Waals surface area contributed by atoms with Crippen molar-refractivity contribution in [1.29, 1.82) is 0 Å². The highest BCUT2D eigenvalue weighted by molar-refractivity contribution is 6.28. The summed E-state index contributed by atoms with van der Waals surface area (Å²) in [6, 6.07) is 65.5. The van der Waals surface area contributed by atoms with Gasteiger partial charge in [-0.3, -0.25) is 0 Å². The van der Waals surface area contributed by atoms with Crippen molar-refractivity contribution in [2.24, 2.45) is 0 Å². The maximum absolute atomic E-state index is 6.93. The number of hydrogen-bond acceptors (Lipinski definition) is 2. The second kappa shape index (κ2) is 11.2. The first kappa shape index (κ1) is 29.4. The lowest BCUT2D eigenvalue weighted by atomic mass is 9.83. The van der Waals surface area contributed by atoms with E-state index in [1.165, 1.54) is 59.8 Å². The van der Waals surface area contributed by atoms with Gasteiger partial charge in [0.05, 0.1) is 0 Å². The standard InChI is InChI=1S/C52H30O2/c1-2-14-33-31(13-1)29-45(36-16-4-3-15-35(33)36)50-41-20-7-5-18-39(41)49(40-19-6-8-21-42(40)50)44-28-27-34(51-43-22-10-12-24-47(43)54-52(44)51)32-25-26-38-37-17-9-11-23-46(37)53-48(38)30-32/h1-30H. The molecular formula is C52H30O2. The van der Waals surface area contributed by atoms with Crippen LogP contribution >= 0.6 is 0 Å². The summed E-state index contributed by atoms with van der Waals surface area (Å²) in [5, 5.41) is 14.3. The van der Waals surface area contributed by atoms with Crippen LogP contribution in [0.4, 0.5) is 0 Å². The van der Waals surface area contributed by atoms with Gasteiger partial charge in [0.2, 0.25) is 0 Å². The summed E-state index contributed by atoms with van der Waals surface area (Å²) in [6.45, 7) is 0. The fourth-order valence-electron chi connectivity index (χ4n) is 9.13. The molecule has 0 atom stereocenters. The highest BCUT2D eigenvalue weighted by Gasteiger charge is 2.23. The van der Waals surface area contributed by atoms with Crippen molar-refractivity contribution in [3.8, 4) is 33.4 Å². The zero-order chi connectivity index (χ0) is 35.3. The minimum Gasteiger partial charge on any atom is -0.456 e. The third-order valence-electron chi connectivity index (χ3n) is 11.5. The van der Waals surface area contributed by atoms with Gasteiger partial charge in [-0.2, -0.15) is 0 Å². The van der Waals surface area contributed by atoms with E-state index in [1.807, 2.05) is 12.1 Å². The molecule has 2 nitrogen and oxygen atoms in total. The van der Waals surface area contributed by atoms with Crippen molar-refractivity contribution in [3.05, 3.63) is 182 Å². The van der Waals surface area contributed by atoms with Gasteiger partial charge in [0.1, 0.15) is 22.3 Å². The minimum absolute atomic E-state index is 0.874. The van der Waals surface area contributed by atoms with E-state index >= 15 is 0 Å². The Labute approximate surface area is 310 Å². The number of fused-ring (bicyclic) bond motifs is 11. The molecule has 0 amide bonds. The Morgan fingerprint density at radius 1 is 0.278 bits per heavy atom. The van der Waals surface area contributed by atoms with E-state index in [1.54, 1.807) is 0 Å². The van der Waals surface area contributed by atoms with E-state index in [9.17, 15) is 0 Å². The Morgan fingerprint density at radius 3 is 1.48 bits per heavy atom.